The van der Waals surface area contributed by atoms with E-state index in [1.165, 1.54) is 12.3 Å². The zero-order chi connectivity index (χ0) is 13.0. The summed E-state index contributed by atoms with van der Waals surface area (Å²) in [6.45, 7) is 0. The molecule has 0 saturated heterocycles. The topological polar surface area (TPSA) is 67.5 Å². The van der Waals surface area contributed by atoms with Crippen molar-refractivity contribution in [2.75, 3.05) is 0 Å². The Bertz CT molecular complexity index is 554. The molecule has 0 spiro atoms. The lowest BCUT2D eigenvalue weighted by atomic mass is 10.0. The lowest BCUT2D eigenvalue weighted by Gasteiger charge is -1.98. The van der Waals surface area contributed by atoms with E-state index >= 15 is 0 Å². The summed E-state index contributed by atoms with van der Waals surface area (Å²) in [7, 11) is 0. The van der Waals surface area contributed by atoms with E-state index in [1.54, 1.807) is 12.1 Å². The van der Waals surface area contributed by atoms with Gasteiger partial charge in [-0.25, -0.2) is 4.79 Å². The summed E-state index contributed by atoms with van der Waals surface area (Å²) in [5.41, 5.74) is 1.39. The SMILES string of the molecule is O=C(CCc1coc(C(=O)O)c1)c1ccccc1. The van der Waals surface area contributed by atoms with Gasteiger partial charge in [0.25, 0.3) is 0 Å². The molecule has 1 N–H and O–H groups in total. The smallest absolute Gasteiger partial charge is 0.371 e. The van der Waals surface area contributed by atoms with Gasteiger partial charge in [-0.1, -0.05) is 30.3 Å². The molecule has 0 radical (unpaired) electrons. The van der Waals surface area contributed by atoms with Crippen LogP contribution in [0.4, 0.5) is 0 Å². The normalized spacial score (nSPS) is 10.2. The van der Waals surface area contributed by atoms with E-state index in [4.69, 9.17) is 9.52 Å². The summed E-state index contributed by atoms with van der Waals surface area (Å²) in [6.07, 6.45) is 2.19. The second kappa shape index (κ2) is 5.31. The number of hydrogen-bond donors (Lipinski definition) is 1. The van der Waals surface area contributed by atoms with Gasteiger partial charge in [-0.3, -0.25) is 4.79 Å². The van der Waals surface area contributed by atoms with Crippen molar-refractivity contribution in [3.05, 3.63) is 59.5 Å². The molecule has 0 saturated carbocycles. The summed E-state index contributed by atoms with van der Waals surface area (Å²) in [5.74, 6) is -1.17. The molecule has 0 aliphatic heterocycles. The van der Waals surface area contributed by atoms with Gasteiger partial charge >= 0.3 is 5.97 Å². The number of carbonyl (C=O) groups is 2. The summed E-state index contributed by atoms with van der Waals surface area (Å²) in [4.78, 5) is 22.4. The molecule has 1 aromatic carbocycles. The van der Waals surface area contributed by atoms with E-state index in [9.17, 15) is 9.59 Å². The van der Waals surface area contributed by atoms with E-state index in [-0.39, 0.29) is 11.5 Å². The Labute approximate surface area is 104 Å². The summed E-state index contributed by atoms with van der Waals surface area (Å²) < 4.78 is 4.85. The molecule has 18 heavy (non-hydrogen) atoms. The first-order valence-electron chi connectivity index (χ1n) is 5.56. The van der Waals surface area contributed by atoms with Gasteiger partial charge in [0.15, 0.2) is 5.78 Å². The molecule has 4 nitrogen and oxygen atoms in total. The average Bonchev–Trinajstić information content (AvgIpc) is 2.86. The Hall–Kier alpha value is -2.36. The third-order valence-corrected chi connectivity index (χ3v) is 2.60. The van der Waals surface area contributed by atoms with Crippen molar-refractivity contribution in [1.82, 2.24) is 0 Å². The summed E-state index contributed by atoms with van der Waals surface area (Å²) in [6, 6.07) is 10.5. The van der Waals surface area contributed by atoms with Crippen molar-refractivity contribution in [1.29, 1.82) is 0 Å². The minimum atomic E-state index is -1.10. The number of benzene rings is 1. The quantitative estimate of drug-likeness (QED) is 0.821. The van der Waals surface area contributed by atoms with Gasteiger partial charge in [0.1, 0.15) is 0 Å². The van der Waals surface area contributed by atoms with Crippen LogP contribution in [-0.4, -0.2) is 16.9 Å². The molecule has 2 aromatic rings. The van der Waals surface area contributed by atoms with Crippen molar-refractivity contribution >= 4 is 11.8 Å². The molecular weight excluding hydrogens is 232 g/mol. The van der Waals surface area contributed by atoms with Crippen LogP contribution in [0.2, 0.25) is 0 Å². The number of carbonyl (C=O) groups excluding carboxylic acids is 1. The number of hydrogen-bond acceptors (Lipinski definition) is 3. The molecule has 0 aliphatic carbocycles. The van der Waals surface area contributed by atoms with E-state index < -0.39 is 5.97 Å². The highest BCUT2D eigenvalue weighted by molar-refractivity contribution is 5.96. The first kappa shape index (κ1) is 12.1. The Morgan fingerprint density at radius 3 is 2.50 bits per heavy atom. The standard InChI is InChI=1S/C14H12O4/c15-12(11-4-2-1-3-5-11)7-6-10-8-13(14(16)17)18-9-10/h1-5,8-9H,6-7H2,(H,16,17). The molecule has 0 atom stereocenters. The van der Waals surface area contributed by atoms with Gasteiger partial charge in [-0.05, 0) is 18.1 Å². The predicted octanol–water partition coefficient (Wildman–Crippen LogP) is 2.79. The highest BCUT2D eigenvalue weighted by atomic mass is 16.4. The molecule has 0 bridgehead atoms. The molecule has 1 heterocycles. The molecule has 0 aliphatic rings. The lowest BCUT2D eigenvalue weighted by molar-refractivity contribution is 0.0662. The van der Waals surface area contributed by atoms with Crippen molar-refractivity contribution in [3.63, 3.8) is 0 Å². The Morgan fingerprint density at radius 2 is 1.89 bits per heavy atom. The summed E-state index contributed by atoms with van der Waals surface area (Å²) >= 11 is 0. The predicted molar refractivity (Wildman–Crippen MR) is 64.8 cm³/mol. The molecule has 0 unspecified atom stereocenters. The highest BCUT2D eigenvalue weighted by Gasteiger charge is 2.10. The first-order valence-corrected chi connectivity index (χ1v) is 5.56. The number of carboxylic acids is 1. The minimum absolute atomic E-state index is 0.0358. The van der Waals surface area contributed by atoms with Crippen LogP contribution in [0.15, 0.2) is 47.1 Å². The molecule has 92 valence electrons. The van der Waals surface area contributed by atoms with Crippen LogP contribution in [0.25, 0.3) is 0 Å². The van der Waals surface area contributed by atoms with Gasteiger partial charge in [-0.15, -0.1) is 0 Å². The third kappa shape index (κ3) is 2.85. The fourth-order valence-corrected chi connectivity index (χ4v) is 1.65. The maximum atomic E-state index is 11.8. The highest BCUT2D eigenvalue weighted by Crippen LogP contribution is 2.12. The van der Waals surface area contributed by atoms with Gasteiger partial charge < -0.3 is 9.52 Å². The van der Waals surface area contributed by atoms with E-state index in [2.05, 4.69) is 0 Å². The van der Waals surface area contributed by atoms with Crippen molar-refractivity contribution in [2.45, 2.75) is 12.8 Å². The number of furan rings is 1. The number of aryl methyl sites for hydroxylation is 1. The van der Waals surface area contributed by atoms with Gasteiger partial charge in [-0.2, -0.15) is 0 Å². The number of Topliss-reactive ketones (excluding diaryl/α,β-unsaturated/α-hetero) is 1. The molecule has 1 aromatic heterocycles. The van der Waals surface area contributed by atoms with Gasteiger partial charge in [0.2, 0.25) is 5.76 Å². The Balaban J connectivity index is 1.95. The van der Waals surface area contributed by atoms with Crippen LogP contribution in [0.5, 0.6) is 0 Å². The van der Waals surface area contributed by atoms with Crippen LogP contribution >= 0.6 is 0 Å². The van der Waals surface area contributed by atoms with Crippen molar-refractivity contribution < 1.29 is 19.1 Å². The van der Waals surface area contributed by atoms with Gasteiger partial charge in [0.05, 0.1) is 6.26 Å². The van der Waals surface area contributed by atoms with E-state index in [0.29, 0.717) is 18.4 Å². The average molecular weight is 244 g/mol. The molecule has 2 rings (SSSR count). The van der Waals surface area contributed by atoms with Crippen molar-refractivity contribution in [2.24, 2.45) is 0 Å². The number of aromatic carboxylic acids is 1. The Morgan fingerprint density at radius 1 is 1.17 bits per heavy atom. The van der Waals surface area contributed by atoms with E-state index in [0.717, 1.165) is 5.56 Å². The molecule has 4 heteroatoms. The monoisotopic (exact) mass is 244 g/mol. The van der Waals surface area contributed by atoms with Crippen LogP contribution in [0.1, 0.15) is 32.9 Å². The zero-order valence-corrected chi connectivity index (χ0v) is 9.63. The van der Waals surface area contributed by atoms with Gasteiger partial charge in [0, 0.05) is 12.0 Å². The van der Waals surface area contributed by atoms with Crippen molar-refractivity contribution in [3.8, 4) is 0 Å². The summed E-state index contributed by atoms with van der Waals surface area (Å²) in [5, 5.41) is 8.69. The Kier molecular flexibility index (Phi) is 3.57. The molecular formula is C14H12O4. The maximum absolute atomic E-state index is 11.8. The fourth-order valence-electron chi connectivity index (χ4n) is 1.65. The second-order valence-electron chi connectivity index (χ2n) is 3.91. The maximum Gasteiger partial charge on any atom is 0.371 e. The third-order valence-electron chi connectivity index (χ3n) is 2.60. The van der Waals surface area contributed by atoms with Crippen LogP contribution in [0, 0.1) is 0 Å². The largest absolute Gasteiger partial charge is 0.475 e. The minimum Gasteiger partial charge on any atom is -0.475 e. The van der Waals surface area contributed by atoms with Crippen LogP contribution < -0.4 is 0 Å². The number of ketones is 1. The van der Waals surface area contributed by atoms with Crippen LogP contribution in [-0.2, 0) is 6.42 Å². The first-order chi connectivity index (χ1) is 8.66. The van der Waals surface area contributed by atoms with Crippen LogP contribution in [0.3, 0.4) is 0 Å². The lowest BCUT2D eigenvalue weighted by Crippen LogP contribution is -2.00. The van der Waals surface area contributed by atoms with E-state index in [1.807, 2.05) is 18.2 Å². The zero-order valence-electron chi connectivity index (χ0n) is 9.63. The molecule has 0 amide bonds. The number of rotatable bonds is 5. The fraction of sp³-hybridized carbons (Fsp3) is 0.143. The molecule has 0 fully saturated rings. The second-order valence-corrected chi connectivity index (χ2v) is 3.91. The number of carboxylic acid groups (broad SMARTS) is 1.